The van der Waals surface area contributed by atoms with E-state index in [0.717, 1.165) is 21.8 Å². The van der Waals surface area contributed by atoms with Gasteiger partial charge in [-0.3, -0.25) is 9.97 Å². The van der Waals surface area contributed by atoms with Crippen LogP contribution in [0.5, 0.6) is 11.5 Å². The molecule has 0 spiro atoms. The van der Waals surface area contributed by atoms with E-state index in [4.69, 9.17) is 0 Å². The summed E-state index contributed by atoms with van der Waals surface area (Å²) in [5.74, 6) is 0.340. The van der Waals surface area contributed by atoms with Crippen LogP contribution in [0.25, 0.3) is 21.8 Å². The molecule has 0 aliphatic rings. The standard InChI is InChI=1S/C19H14N2O2/c22-16-7-5-12-3-1-9-20-18(12)14(16)11-15-17(23)8-6-13-4-2-10-21-19(13)15/h1-10,22-23H,11H2. The molecule has 2 aromatic heterocycles. The van der Waals surface area contributed by atoms with E-state index >= 15 is 0 Å². The van der Waals surface area contributed by atoms with Crippen molar-refractivity contribution in [2.75, 3.05) is 0 Å². The number of hydrogen-bond acceptors (Lipinski definition) is 4. The van der Waals surface area contributed by atoms with Crippen LogP contribution < -0.4 is 0 Å². The lowest BCUT2D eigenvalue weighted by atomic mass is 9.98. The molecule has 2 aromatic carbocycles. The number of aromatic hydroxyl groups is 2. The molecular weight excluding hydrogens is 288 g/mol. The van der Waals surface area contributed by atoms with Crippen LogP contribution in [0.15, 0.2) is 60.9 Å². The first-order chi connectivity index (χ1) is 11.2. The second-order valence-electron chi connectivity index (χ2n) is 5.45. The summed E-state index contributed by atoms with van der Waals surface area (Å²) in [6.07, 6.45) is 3.76. The number of hydrogen-bond donors (Lipinski definition) is 2. The van der Waals surface area contributed by atoms with Crippen LogP contribution in [0.3, 0.4) is 0 Å². The Morgan fingerprint density at radius 1 is 0.652 bits per heavy atom. The van der Waals surface area contributed by atoms with Crippen LogP contribution in [0, 0.1) is 0 Å². The van der Waals surface area contributed by atoms with E-state index < -0.39 is 0 Å². The van der Waals surface area contributed by atoms with Gasteiger partial charge in [0, 0.05) is 40.7 Å². The molecule has 0 saturated heterocycles. The number of nitrogens with zero attached hydrogens (tertiary/aromatic N) is 2. The molecule has 0 fully saturated rings. The van der Waals surface area contributed by atoms with Gasteiger partial charge in [-0.2, -0.15) is 0 Å². The third kappa shape index (κ3) is 2.25. The second-order valence-corrected chi connectivity index (χ2v) is 5.45. The molecule has 23 heavy (non-hydrogen) atoms. The van der Waals surface area contributed by atoms with E-state index in [1.165, 1.54) is 0 Å². The summed E-state index contributed by atoms with van der Waals surface area (Å²) < 4.78 is 0. The fourth-order valence-corrected chi connectivity index (χ4v) is 2.92. The molecule has 4 aromatic rings. The summed E-state index contributed by atoms with van der Waals surface area (Å²) in [5, 5.41) is 22.5. The Bertz CT molecular complexity index is 945. The van der Waals surface area contributed by atoms with E-state index in [1.807, 2.05) is 36.4 Å². The highest BCUT2D eigenvalue weighted by Crippen LogP contribution is 2.33. The van der Waals surface area contributed by atoms with Crippen molar-refractivity contribution >= 4 is 21.8 Å². The van der Waals surface area contributed by atoms with Crippen molar-refractivity contribution in [2.45, 2.75) is 6.42 Å². The zero-order valence-electron chi connectivity index (χ0n) is 12.3. The predicted octanol–water partition coefficient (Wildman–Crippen LogP) is 3.79. The van der Waals surface area contributed by atoms with Gasteiger partial charge in [0.15, 0.2) is 0 Å². The van der Waals surface area contributed by atoms with E-state index in [2.05, 4.69) is 9.97 Å². The Morgan fingerprint density at radius 2 is 1.13 bits per heavy atom. The topological polar surface area (TPSA) is 66.2 Å². The smallest absolute Gasteiger partial charge is 0.121 e. The van der Waals surface area contributed by atoms with Crippen molar-refractivity contribution in [3.05, 3.63) is 72.1 Å². The van der Waals surface area contributed by atoms with E-state index in [0.29, 0.717) is 17.5 Å². The van der Waals surface area contributed by atoms with Gasteiger partial charge in [0.25, 0.3) is 0 Å². The van der Waals surface area contributed by atoms with Gasteiger partial charge in [0.1, 0.15) is 11.5 Å². The van der Waals surface area contributed by atoms with Crippen LogP contribution in [-0.4, -0.2) is 20.2 Å². The fourth-order valence-electron chi connectivity index (χ4n) is 2.92. The zero-order chi connectivity index (χ0) is 15.8. The highest BCUT2D eigenvalue weighted by molar-refractivity contribution is 5.87. The molecule has 4 rings (SSSR count). The highest BCUT2D eigenvalue weighted by atomic mass is 16.3. The van der Waals surface area contributed by atoms with E-state index in [1.54, 1.807) is 24.5 Å². The average Bonchev–Trinajstić information content (AvgIpc) is 2.59. The zero-order valence-corrected chi connectivity index (χ0v) is 12.3. The summed E-state index contributed by atoms with van der Waals surface area (Å²) in [7, 11) is 0. The Kier molecular flexibility index (Phi) is 3.08. The van der Waals surface area contributed by atoms with Crippen molar-refractivity contribution in [3.8, 4) is 11.5 Å². The summed E-state index contributed by atoms with van der Waals surface area (Å²) in [6.45, 7) is 0. The Hall–Kier alpha value is -3.14. The quantitative estimate of drug-likeness (QED) is 0.591. The van der Waals surface area contributed by atoms with E-state index in [9.17, 15) is 10.2 Å². The molecule has 0 saturated carbocycles. The third-order valence-corrected chi connectivity index (χ3v) is 4.06. The first-order valence-corrected chi connectivity index (χ1v) is 7.35. The monoisotopic (exact) mass is 302 g/mol. The van der Waals surface area contributed by atoms with Crippen LogP contribution in [0.2, 0.25) is 0 Å². The maximum absolute atomic E-state index is 10.3. The molecule has 0 aliphatic carbocycles. The van der Waals surface area contributed by atoms with Gasteiger partial charge < -0.3 is 10.2 Å². The number of phenolic OH excluding ortho intramolecular Hbond substituents is 2. The summed E-state index contributed by atoms with van der Waals surface area (Å²) in [5.41, 5.74) is 2.85. The molecule has 0 atom stereocenters. The fraction of sp³-hybridized carbons (Fsp3) is 0.0526. The van der Waals surface area contributed by atoms with Gasteiger partial charge in [0.2, 0.25) is 0 Å². The lowest BCUT2D eigenvalue weighted by Crippen LogP contribution is -1.96. The minimum Gasteiger partial charge on any atom is -0.508 e. The molecular formula is C19H14N2O2. The van der Waals surface area contributed by atoms with Crippen molar-refractivity contribution in [1.82, 2.24) is 9.97 Å². The van der Waals surface area contributed by atoms with Gasteiger partial charge in [-0.1, -0.05) is 12.1 Å². The van der Waals surface area contributed by atoms with Gasteiger partial charge >= 0.3 is 0 Å². The predicted molar refractivity (Wildman–Crippen MR) is 89.6 cm³/mol. The number of pyridine rings is 2. The SMILES string of the molecule is Oc1ccc2cccnc2c1Cc1c(O)ccc2cccnc12. The first-order valence-electron chi connectivity index (χ1n) is 7.35. The minimum absolute atomic E-state index is 0.170. The molecule has 0 amide bonds. The summed E-state index contributed by atoms with van der Waals surface area (Å²) in [6, 6.07) is 14.6. The van der Waals surface area contributed by atoms with Crippen molar-refractivity contribution in [1.29, 1.82) is 0 Å². The number of aromatic nitrogens is 2. The van der Waals surface area contributed by atoms with Gasteiger partial charge in [0.05, 0.1) is 11.0 Å². The Balaban J connectivity index is 1.95. The Labute approximate surface area is 132 Å². The lowest BCUT2D eigenvalue weighted by molar-refractivity contribution is 0.464. The second kappa shape index (κ2) is 5.25. The Morgan fingerprint density at radius 3 is 1.61 bits per heavy atom. The van der Waals surface area contributed by atoms with Crippen LogP contribution >= 0.6 is 0 Å². The molecule has 112 valence electrons. The molecule has 4 heteroatoms. The number of fused-ring (bicyclic) bond motifs is 2. The normalized spacial score (nSPS) is 11.1. The number of rotatable bonds is 2. The van der Waals surface area contributed by atoms with Crippen molar-refractivity contribution in [3.63, 3.8) is 0 Å². The van der Waals surface area contributed by atoms with Crippen LogP contribution in [0.4, 0.5) is 0 Å². The van der Waals surface area contributed by atoms with Gasteiger partial charge in [-0.15, -0.1) is 0 Å². The minimum atomic E-state index is 0.170. The van der Waals surface area contributed by atoms with Crippen LogP contribution in [-0.2, 0) is 6.42 Å². The molecule has 0 radical (unpaired) electrons. The van der Waals surface area contributed by atoms with Crippen molar-refractivity contribution in [2.24, 2.45) is 0 Å². The van der Waals surface area contributed by atoms with Gasteiger partial charge in [-0.25, -0.2) is 0 Å². The van der Waals surface area contributed by atoms with Gasteiger partial charge in [-0.05, 0) is 36.4 Å². The molecule has 2 N–H and O–H groups in total. The number of benzene rings is 2. The maximum atomic E-state index is 10.3. The largest absolute Gasteiger partial charge is 0.508 e. The highest BCUT2D eigenvalue weighted by Gasteiger charge is 2.14. The van der Waals surface area contributed by atoms with E-state index in [-0.39, 0.29) is 11.5 Å². The lowest BCUT2D eigenvalue weighted by Gasteiger charge is -2.11. The molecule has 4 nitrogen and oxygen atoms in total. The molecule has 0 aliphatic heterocycles. The number of phenols is 2. The first kappa shape index (κ1) is 13.5. The third-order valence-electron chi connectivity index (χ3n) is 4.06. The summed E-state index contributed by atoms with van der Waals surface area (Å²) >= 11 is 0. The van der Waals surface area contributed by atoms with Crippen LogP contribution in [0.1, 0.15) is 11.1 Å². The molecule has 0 unspecified atom stereocenters. The summed E-state index contributed by atoms with van der Waals surface area (Å²) in [4.78, 5) is 8.77. The molecule has 2 heterocycles. The molecule has 0 bridgehead atoms. The average molecular weight is 302 g/mol. The van der Waals surface area contributed by atoms with Crippen molar-refractivity contribution < 1.29 is 10.2 Å². The maximum Gasteiger partial charge on any atom is 0.121 e.